The lowest BCUT2D eigenvalue weighted by atomic mass is 9.76. The summed E-state index contributed by atoms with van der Waals surface area (Å²) in [4.78, 5) is 0. The second-order valence-corrected chi connectivity index (χ2v) is 3.17. The monoisotopic (exact) mass is 164 g/mol. The van der Waals surface area contributed by atoms with Crippen LogP contribution in [0.25, 0.3) is 0 Å². The first-order chi connectivity index (χ1) is 5.52. The van der Waals surface area contributed by atoms with Crippen LogP contribution < -0.4 is 5.46 Å². The van der Waals surface area contributed by atoms with E-state index >= 15 is 0 Å². The molecule has 0 bridgehead atoms. The SMILES string of the molecule is Cc1cc(C)c(B(O)O)cc1C. The molecule has 0 unspecified atom stereocenters. The van der Waals surface area contributed by atoms with Crippen LogP contribution in [0.3, 0.4) is 0 Å². The Morgan fingerprint density at radius 1 is 0.917 bits per heavy atom. The van der Waals surface area contributed by atoms with Crippen LogP contribution in [0.4, 0.5) is 0 Å². The molecule has 0 spiro atoms. The molecule has 0 aliphatic heterocycles. The van der Waals surface area contributed by atoms with E-state index in [0.717, 1.165) is 11.1 Å². The lowest BCUT2D eigenvalue weighted by molar-refractivity contribution is 0.425. The van der Waals surface area contributed by atoms with Gasteiger partial charge in [-0.15, -0.1) is 0 Å². The maximum atomic E-state index is 8.98. The van der Waals surface area contributed by atoms with Crippen molar-refractivity contribution in [3.8, 4) is 0 Å². The van der Waals surface area contributed by atoms with E-state index in [9.17, 15) is 0 Å². The standard InChI is InChI=1S/C9H13BO2/c1-6-4-8(3)9(10(11)12)5-7(6)2/h4-5,11-12H,1-3H3. The van der Waals surface area contributed by atoms with Gasteiger partial charge in [0, 0.05) is 0 Å². The Hall–Kier alpha value is -0.795. The molecule has 0 atom stereocenters. The van der Waals surface area contributed by atoms with Crippen LogP contribution in [0.5, 0.6) is 0 Å². The molecule has 64 valence electrons. The Kier molecular flexibility index (Phi) is 2.55. The predicted molar refractivity (Wildman–Crippen MR) is 50.5 cm³/mol. The maximum absolute atomic E-state index is 8.98. The highest BCUT2D eigenvalue weighted by Crippen LogP contribution is 2.07. The van der Waals surface area contributed by atoms with Crippen LogP contribution in [-0.2, 0) is 0 Å². The zero-order valence-corrected chi connectivity index (χ0v) is 7.63. The van der Waals surface area contributed by atoms with Crippen molar-refractivity contribution in [2.75, 3.05) is 0 Å². The third kappa shape index (κ3) is 1.68. The van der Waals surface area contributed by atoms with Crippen molar-refractivity contribution in [3.63, 3.8) is 0 Å². The van der Waals surface area contributed by atoms with Crippen LogP contribution in [0.15, 0.2) is 12.1 Å². The Labute approximate surface area is 73.0 Å². The van der Waals surface area contributed by atoms with Gasteiger partial charge < -0.3 is 10.0 Å². The van der Waals surface area contributed by atoms with Gasteiger partial charge in [0.25, 0.3) is 0 Å². The van der Waals surface area contributed by atoms with E-state index in [1.165, 1.54) is 5.56 Å². The van der Waals surface area contributed by atoms with E-state index in [4.69, 9.17) is 10.0 Å². The van der Waals surface area contributed by atoms with Crippen molar-refractivity contribution in [2.45, 2.75) is 20.8 Å². The summed E-state index contributed by atoms with van der Waals surface area (Å²) in [6.45, 7) is 5.84. The van der Waals surface area contributed by atoms with Crippen molar-refractivity contribution < 1.29 is 10.0 Å². The van der Waals surface area contributed by atoms with E-state index in [2.05, 4.69) is 0 Å². The minimum Gasteiger partial charge on any atom is -0.423 e. The number of benzene rings is 1. The largest absolute Gasteiger partial charge is 0.488 e. The van der Waals surface area contributed by atoms with Crippen LogP contribution in [-0.4, -0.2) is 17.2 Å². The van der Waals surface area contributed by atoms with Gasteiger partial charge >= 0.3 is 7.12 Å². The number of hydrogen-bond acceptors (Lipinski definition) is 2. The first kappa shape index (κ1) is 9.29. The van der Waals surface area contributed by atoms with Crippen molar-refractivity contribution in [3.05, 3.63) is 28.8 Å². The summed E-state index contributed by atoms with van der Waals surface area (Å²) in [5.74, 6) is 0. The fraction of sp³-hybridized carbons (Fsp3) is 0.333. The molecule has 0 aliphatic carbocycles. The average Bonchev–Trinajstić information content (AvgIpc) is 1.96. The second kappa shape index (κ2) is 3.29. The summed E-state index contributed by atoms with van der Waals surface area (Å²) < 4.78 is 0. The highest BCUT2D eigenvalue weighted by molar-refractivity contribution is 6.59. The average molecular weight is 164 g/mol. The summed E-state index contributed by atoms with van der Waals surface area (Å²) in [6.07, 6.45) is 0. The Balaban J connectivity index is 3.23. The lowest BCUT2D eigenvalue weighted by Gasteiger charge is -2.08. The van der Waals surface area contributed by atoms with E-state index in [1.54, 1.807) is 0 Å². The highest BCUT2D eigenvalue weighted by Gasteiger charge is 2.14. The molecular weight excluding hydrogens is 151 g/mol. The highest BCUT2D eigenvalue weighted by atomic mass is 16.4. The van der Waals surface area contributed by atoms with Crippen molar-refractivity contribution in [1.82, 2.24) is 0 Å². The maximum Gasteiger partial charge on any atom is 0.488 e. The number of rotatable bonds is 1. The van der Waals surface area contributed by atoms with Gasteiger partial charge in [-0.25, -0.2) is 0 Å². The van der Waals surface area contributed by atoms with Gasteiger partial charge in [0.1, 0.15) is 0 Å². The van der Waals surface area contributed by atoms with Crippen molar-refractivity contribution >= 4 is 12.6 Å². The molecule has 0 aliphatic rings. The van der Waals surface area contributed by atoms with Crippen molar-refractivity contribution in [2.24, 2.45) is 0 Å². The molecule has 0 heterocycles. The van der Waals surface area contributed by atoms with E-state index in [1.807, 2.05) is 32.9 Å². The van der Waals surface area contributed by atoms with E-state index in [0.29, 0.717) is 5.46 Å². The molecule has 1 aromatic carbocycles. The smallest absolute Gasteiger partial charge is 0.423 e. The Morgan fingerprint density at radius 2 is 1.42 bits per heavy atom. The predicted octanol–water partition coefficient (Wildman–Crippen LogP) is 0.292. The summed E-state index contributed by atoms with van der Waals surface area (Å²) in [7, 11) is -1.36. The minimum atomic E-state index is -1.36. The summed E-state index contributed by atoms with van der Waals surface area (Å²) in [5, 5.41) is 18.0. The van der Waals surface area contributed by atoms with Gasteiger partial charge in [0.2, 0.25) is 0 Å². The molecule has 0 saturated carbocycles. The van der Waals surface area contributed by atoms with Gasteiger partial charge in [-0.3, -0.25) is 0 Å². The molecule has 0 amide bonds. The lowest BCUT2D eigenvalue weighted by Crippen LogP contribution is -2.32. The molecular formula is C9H13BO2. The zero-order valence-electron chi connectivity index (χ0n) is 7.63. The molecule has 0 aromatic heterocycles. The Bertz CT molecular complexity index is 295. The number of aryl methyl sites for hydroxylation is 3. The molecule has 12 heavy (non-hydrogen) atoms. The zero-order chi connectivity index (χ0) is 9.30. The first-order valence-electron chi connectivity index (χ1n) is 3.96. The van der Waals surface area contributed by atoms with Crippen LogP contribution >= 0.6 is 0 Å². The van der Waals surface area contributed by atoms with Gasteiger partial charge in [-0.1, -0.05) is 17.7 Å². The summed E-state index contributed by atoms with van der Waals surface area (Å²) in [6, 6.07) is 3.78. The van der Waals surface area contributed by atoms with E-state index < -0.39 is 7.12 Å². The topological polar surface area (TPSA) is 40.5 Å². The fourth-order valence-corrected chi connectivity index (χ4v) is 1.26. The molecule has 2 nitrogen and oxygen atoms in total. The minimum absolute atomic E-state index is 0.595. The summed E-state index contributed by atoms with van der Waals surface area (Å²) >= 11 is 0. The van der Waals surface area contributed by atoms with Gasteiger partial charge in [-0.2, -0.15) is 0 Å². The molecule has 0 saturated heterocycles. The first-order valence-corrected chi connectivity index (χ1v) is 3.96. The van der Waals surface area contributed by atoms with Gasteiger partial charge in [-0.05, 0) is 37.4 Å². The van der Waals surface area contributed by atoms with E-state index in [-0.39, 0.29) is 0 Å². The Morgan fingerprint density at radius 3 is 1.92 bits per heavy atom. The van der Waals surface area contributed by atoms with Gasteiger partial charge in [0.15, 0.2) is 0 Å². The third-order valence-corrected chi connectivity index (χ3v) is 2.16. The van der Waals surface area contributed by atoms with Crippen LogP contribution in [0.1, 0.15) is 16.7 Å². The third-order valence-electron chi connectivity index (χ3n) is 2.16. The molecule has 0 radical (unpaired) electrons. The van der Waals surface area contributed by atoms with Crippen molar-refractivity contribution in [1.29, 1.82) is 0 Å². The summed E-state index contributed by atoms with van der Waals surface area (Å²) in [5.41, 5.74) is 3.78. The molecule has 0 fully saturated rings. The molecule has 2 N–H and O–H groups in total. The fourth-order valence-electron chi connectivity index (χ4n) is 1.26. The molecule has 3 heteroatoms. The number of hydrogen-bond donors (Lipinski definition) is 2. The quantitative estimate of drug-likeness (QED) is 0.585. The van der Waals surface area contributed by atoms with Crippen LogP contribution in [0.2, 0.25) is 0 Å². The molecule has 1 aromatic rings. The normalized spacial score (nSPS) is 10.1. The van der Waals surface area contributed by atoms with Crippen LogP contribution in [0, 0.1) is 20.8 Å². The van der Waals surface area contributed by atoms with Gasteiger partial charge in [0.05, 0.1) is 0 Å². The molecule has 1 rings (SSSR count). The second-order valence-electron chi connectivity index (χ2n) is 3.17.